The zero-order chi connectivity index (χ0) is 19.6. The first-order valence-corrected chi connectivity index (χ1v) is 10.6. The van der Waals surface area contributed by atoms with E-state index < -0.39 is 0 Å². The molecule has 0 saturated carbocycles. The van der Waals surface area contributed by atoms with E-state index in [1.807, 2.05) is 0 Å². The summed E-state index contributed by atoms with van der Waals surface area (Å²) in [6.45, 7) is 7.14. The van der Waals surface area contributed by atoms with Crippen LogP contribution in [0.1, 0.15) is 78.6 Å². The zero-order valence-corrected chi connectivity index (χ0v) is 17.7. The lowest BCUT2D eigenvalue weighted by Gasteiger charge is -2.07. The van der Waals surface area contributed by atoms with Crippen LogP contribution in [0.15, 0.2) is 65.8 Å². The summed E-state index contributed by atoms with van der Waals surface area (Å²) < 4.78 is 5.61. The Balaban J connectivity index is 1.93. The van der Waals surface area contributed by atoms with E-state index in [0.29, 0.717) is 0 Å². The highest BCUT2D eigenvalue weighted by atomic mass is 16.5. The first kappa shape index (κ1) is 23.2. The summed E-state index contributed by atoms with van der Waals surface area (Å²) in [7, 11) is 0. The Morgan fingerprint density at radius 3 is 1.78 bits per heavy atom. The average molecular weight is 370 g/mol. The molecule has 1 aliphatic rings. The second kappa shape index (κ2) is 15.2. The van der Waals surface area contributed by atoms with Gasteiger partial charge in [0.2, 0.25) is 0 Å². The topological polar surface area (TPSA) is 21.6 Å². The van der Waals surface area contributed by atoms with Gasteiger partial charge >= 0.3 is 0 Å². The third-order valence-corrected chi connectivity index (χ3v) is 4.19. The van der Waals surface area contributed by atoms with E-state index in [1.165, 1.54) is 6.42 Å². The normalized spacial score (nSPS) is 17.2. The van der Waals surface area contributed by atoms with E-state index in [-0.39, 0.29) is 5.54 Å². The Bertz CT molecular complexity index is 547. The lowest BCUT2D eigenvalue weighted by molar-refractivity contribution is 0.273. The Morgan fingerprint density at radius 1 is 0.778 bits per heavy atom. The van der Waals surface area contributed by atoms with Gasteiger partial charge in [-0.15, -0.1) is 0 Å². The second-order valence-electron chi connectivity index (χ2n) is 7.56. The number of ether oxygens (including phenoxy) is 1. The van der Waals surface area contributed by atoms with Crippen LogP contribution in [0.4, 0.5) is 0 Å². The minimum atomic E-state index is -0.0146. The van der Waals surface area contributed by atoms with Gasteiger partial charge in [-0.1, -0.05) is 67.7 Å². The maximum atomic E-state index is 5.61. The Morgan fingerprint density at radius 2 is 1.30 bits per heavy atom. The van der Waals surface area contributed by atoms with E-state index in [9.17, 15) is 0 Å². The highest BCUT2D eigenvalue weighted by Crippen LogP contribution is 2.19. The zero-order valence-electron chi connectivity index (χ0n) is 17.7. The Hall–Kier alpha value is -1.83. The molecule has 2 heteroatoms. The fourth-order valence-corrected chi connectivity index (χ4v) is 2.70. The van der Waals surface area contributed by atoms with Gasteiger partial charge in [-0.25, -0.2) is 4.99 Å². The van der Waals surface area contributed by atoms with Gasteiger partial charge in [0, 0.05) is 6.42 Å². The van der Waals surface area contributed by atoms with Crippen molar-refractivity contribution in [2.75, 3.05) is 6.61 Å². The molecule has 0 unspecified atom stereocenters. The molecule has 27 heavy (non-hydrogen) atoms. The Kier molecular flexibility index (Phi) is 13.1. The van der Waals surface area contributed by atoms with Crippen LogP contribution >= 0.6 is 0 Å². The molecule has 0 aromatic rings. The van der Waals surface area contributed by atoms with Crippen molar-refractivity contribution < 1.29 is 4.74 Å². The largest absolute Gasteiger partial charge is 0.478 e. The van der Waals surface area contributed by atoms with Gasteiger partial charge < -0.3 is 4.74 Å². The summed E-state index contributed by atoms with van der Waals surface area (Å²) in [5.41, 5.74) is -0.0146. The van der Waals surface area contributed by atoms with Crippen molar-refractivity contribution in [2.45, 2.75) is 84.1 Å². The lowest BCUT2D eigenvalue weighted by Crippen LogP contribution is -2.17. The maximum absolute atomic E-state index is 5.61. The summed E-state index contributed by atoms with van der Waals surface area (Å²) in [6.07, 6.45) is 32.1. The van der Waals surface area contributed by atoms with E-state index in [2.05, 4.69) is 86.5 Å². The van der Waals surface area contributed by atoms with Gasteiger partial charge in [0.1, 0.15) is 6.61 Å². The molecule has 1 heterocycles. The quantitative estimate of drug-likeness (QED) is 0.229. The fourth-order valence-electron chi connectivity index (χ4n) is 2.70. The van der Waals surface area contributed by atoms with Gasteiger partial charge in [-0.2, -0.15) is 0 Å². The van der Waals surface area contributed by atoms with Crippen LogP contribution in [0.5, 0.6) is 0 Å². The van der Waals surface area contributed by atoms with Gasteiger partial charge in [-0.3, -0.25) is 0 Å². The first-order valence-electron chi connectivity index (χ1n) is 10.6. The predicted molar refractivity (Wildman–Crippen MR) is 120 cm³/mol. The van der Waals surface area contributed by atoms with Crippen molar-refractivity contribution in [1.82, 2.24) is 0 Å². The number of aliphatic imine (C=N–C) groups is 1. The van der Waals surface area contributed by atoms with Crippen molar-refractivity contribution in [3.8, 4) is 0 Å². The van der Waals surface area contributed by atoms with Gasteiger partial charge in [0.15, 0.2) is 5.90 Å². The van der Waals surface area contributed by atoms with Crippen molar-refractivity contribution in [2.24, 2.45) is 4.99 Å². The minimum absolute atomic E-state index is 0.0146. The third kappa shape index (κ3) is 14.0. The van der Waals surface area contributed by atoms with Crippen molar-refractivity contribution in [3.05, 3.63) is 60.8 Å². The van der Waals surface area contributed by atoms with Crippen LogP contribution in [0, 0.1) is 0 Å². The summed E-state index contributed by atoms with van der Waals surface area (Å²) in [5.74, 6) is 0.948. The summed E-state index contributed by atoms with van der Waals surface area (Å²) >= 11 is 0. The van der Waals surface area contributed by atoms with Crippen LogP contribution in [0.25, 0.3) is 0 Å². The predicted octanol–water partition coefficient (Wildman–Crippen LogP) is 7.51. The highest BCUT2D eigenvalue weighted by molar-refractivity contribution is 5.78. The van der Waals surface area contributed by atoms with Gasteiger partial charge in [-0.05, 0) is 65.2 Å². The van der Waals surface area contributed by atoms with Crippen LogP contribution in [0.3, 0.4) is 0 Å². The number of hydrogen-bond donors (Lipinski definition) is 0. The molecule has 0 N–H and O–H groups in total. The molecule has 0 aromatic heterocycles. The second-order valence-corrected chi connectivity index (χ2v) is 7.56. The van der Waals surface area contributed by atoms with Crippen molar-refractivity contribution in [1.29, 1.82) is 0 Å². The van der Waals surface area contributed by atoms with Crippen LogP contribution in [0.2, 0.25) is 0 Å². The fraction of sp³-hybridized carbons (Fsp3) is 0.560. The molecule has 0 aromatic carbocycles. The molecular formula is C25H39NO. The maximum Gasteiger partial charge on any atom is 0.183 e. The average Bonchev–Trinajstić information content (AvgIpc) is 2.99. The molecule has 1 aliphatic heterocycles. The Labute approximate surface area is 167 Å². The van der Waals surface area contributed by atoms with Crippen molar-refractivity contribution in [3.63, 3.8) is 0 Å². The minimum Gasteiger partial charge on any atom is -0.478 e. The van der Waals surface area contributed by atoms with Gasteiger partial charge in [0.25, 0.3) is 0 Å². The SMILES string of the molecule is CC/C=C\C/C=C\C/C=C\C/C=C\C/C=C\CCCCC1=NC(C)(C)CO1. The number of rotatable bonds is 14. The number of nitrogens with zero attached hydrogens (tertiary/aromatic N) is 1. The monoisotopic (exact) mass is 369 g/mol. The number of allylic oxidation sites excluding steroid dienone is 10. The van der Waals surface area contributed by atoms with E-state index >= 15 is 0 Å². The summed E-state index contributed by atoms with van der Waals surface area (Å²) in [4.78, 5) is 4.59. The van der Waals surface area contributed by atoms with E-state index in [0.717, 1.165) is 63.9 Å². The summed E-state index contributed by atoms with van der Waals surface area (Å²) in [5, 5.41) is 0. The molecule has 0 aliphatic carbocycles. The van der Waals surface area contributed by atoms with Gasteiger partial charge in [0.05, 0.1) is 5.54 Å². The lowest BCUT2D eigenvalue weighted by atomic mass is 10.1. The van der Waals surface area contributed by atoms with E-state index in [4.69, 9.17) is 4.74 Å². The molecule has 0 fully saturated rings. The molecule has 2 nitrogen and oxygen atoms in total. The molecule has 150 valence electrons. The summed E-state index contributed by atoms with van der Waals surface area (Å²) in [6, 6.07) is 0. The molecule has 0 saturated heterocycles. The molecular weight excluding hydrogens is 330 g/mol. The van der Waals surface area contributed by atoms with Crippen LogP contribution < -0.4 is 0 Å². The highest BCUT2D eigenvalue weighted by Gasteiger charge is 2.25. The van der Waals surface area contributed by atoms with Crippen molar-refractivity contribution >= 4 is 5.90 Å². The molecule has 0 radical (unpaired) electrons. The molecule has 0 bridgehead atoms. The third-order valence-electron chi connectivity index (χ3n) is 4.19. The molecule has 0 spiro atoms. The number of hydrogen-bond acceptors (Lipinski definition) is 2. The van der Waals surface area contributed by atoms with Crippen LogP contribution in [-0.4, -0.2) is 18.0 Å². The molecule has 1 rings (SSSR count). The smallest absolute Gasteiger partial charge is 0.183 e. The molecule has 0 amide bonds. The standard InChI is InChI=1S/C25H39NO/c1-4-5-6-7-8-9-10-11-12-13-14-15-16-17-18-19-20-21-22-24-26-25(2,3)23-27-24/h5-6,8-9,11-12,14-15,17-18H,4,7,10,13,16,19-23H2,1-3H3/b6-5-,9-8-,12-11-,15-14-,18-17-. The van der Waals surface area contributed by atoms with Crippen LogP contribution in [-0.2, 0) is 4.74 Å². The van der Waals surface area contributed by atoms with E-state index in [1.54, 1.807) is 0 Å². The first-order chi connectivity index (χ1) is 13.1. The molecule has 0 atom stereocenters. The number of unbranched alkanes of at least 4 members (excludes halogenated alkanes) is 2.